The topological polar surface area (TPSA) is 20.2 Å². The second-order valence-electron chi connectivity index (χ2n) is 4.38. The highest BCUT2D eigenvalue weighted by molar-refractivity contribution is 5.55. The van der Waals surface area contributed by atoms with Gasteiger partial charge in [0.2, 0.25) is 0 Å². The predicted molar refractivity (Wildman–Crippen MR) is 65.8 cm³/mol. The van der Waals surface area contributed by atoms with Crippen molar-refractivity contribution in [1.29, 1.82) is 0 Å². The quantitative estimate of drug-likeness (QED) is 0.800. The lowest BCUT2D eigenvalue weighted by atomic mass is 9.99. The van der Waals surface area contributed by atoms with Crippen molar-refractivity contribution in [3.8, 4) is 0 Å². The second-order valence-corrected chi connectivity index (χ2v) is 4.38. The highest BCUT2D eigenvalue weighted by Gasteiger charge is 2.02. The van der Waals surface area contributed by atoms with E-state index in [0.29, 0.717) is 5.92 Å². The summed E-state index contributed by atoms with van der Waals surface area (Å²) in [5, 5.41) is 9.21. The predicted octanol–water partition coefficient (Wildman–Crippen LogP) is 3.34. The molecular weight excluding hydrogens is 184 g/mol. The van der Waals surface area contributed by atoms with Gasteiger partial charge in [-0.25, -0.2) is 0 Å². The van der Waals surface area contributed by atoms with Gasteiger partial charge in [-0.2, -0.15) is 0 Å². The minimum Gasteiger partial charge on any atom is -0.392 e. The van der Waals surface area contributed by atoms with Gasteiger partial charge in [-0.3, -0.25) is 0 Å². The highest BCUT2D eigenvalue weighted by Crippen LogP contribution is 2.16. The van der Waals surface area contributed by atoms with E-state index in [1.165, 1.54) is 16.7 Å². The molecule has 0 spiro atoms. The smallest absolute Gasteiger partial charge is 0.0647 e. The summed E-state index contributed by atoms with van der Waals surface area (Å²) in [5.74, 6) is 0.400. The molecule has 0 heterocycles. The van der Waals surface area contributed by atoms with Crippen LogP contribution in [0, 0.1) is 19.8 Å². The van der Waals surface area contributed by atoms with E-state index in [4.69, 9.17) is 0 Å². The molecule has 0 amide bonds. The van der Waals surface area contributed by atoms with Crippen LogP contribution in [0.5, 0.6) is 0 Å². The average Bonchev–Trinajstić information content (AvgIpc) is 2.19. The lowest BCUT2D eigenvalue weighted by Crippen LogP contribution is -1.98. The Balaban J connectivity index is 3.01. The molecule has 0 saturated heterocycles. The maximum Gasteiger partial charge on any atom is 0.0647 e. The Labute approximate surface area is 92.5 Å². The molecular formula is C14H20O. The van der Waals surface area contributed by atoms with Gasteiger partial charge in [0.25, 0.3) is 0 Å². The normalized spacial score (nSPS) is 12.3. The van der Waals surface area contributed by atoms with Crippen LogP contribution in [0.2, 0.25) is 0 Å². The molecule has 0 fully saturated rings. The summed E-state index contributed by atoms with van der Waals surface area (Å²) in [5.41, 5.74) is 4.86. The van der Waals surface area contributed by atoms with Crippen LogP contribution in [-0.2, 0) is 0 Å². The Morgan fingerprint density at radius 3 is 2.40 bits per heavy atom. The molecule has 1 N–H and O–H groups in total. The maximum atomic E-state index is 9.21. The van der Waals surface area contributed by atoms with Crippen LogP contribution in [0.1, 0.15) is 30.5 Å². The van der Waals surface area contributed by atoms with Crippen molar-refractivity contribution in [2.45, 2.75) is 27.7 Å². The van der Waals surface area contributed by atoms with Gasteiger partial charge in [0.15, 0.2) is 0 Å². The first-order chi connectivity index (χ1) is 7.04. The van der Waals surface area contributed by atoms with Gasteiger partial charge in [-0.15, -0.1) is 0 Å². The van der Waals surface area contributed by atoms with Crippen molar-refractivity contribution >= 4 is 6.08 Å². The Hall–Kier alpha value is -1.08. The fraction of sp³-hybridized carbons (Fsp3) is 0.429. The van der Waals surface area contributed by atoms with Gasteiger partial charge in [0.1, 0.15) is 0 Å². The number of aliphatic hydroxyl groups is 1. The fourth-order valence-corrected chi connectivity index (χ4v) is 1.46. The summed E-state index contributed by atoms with van der Waals surface area (Å²) in [6, 6.07) is 6.38. The molecule has 0 bridgehead atoms. The first-order valence-corrected chi connectivity index (χ1v) is 5.43. The molecule has 0 saturated carbocycles. The summed E-state index contributed by atoms with van der Waals surface area (Å²) in [6.07, 6.45) is 2.08. The zero-order chi connectivity index (χ0) is 11.4. The SMILES string of the molecule is Cc1ccc(C=C(CO)C(C)C)cc1C. The summed E-state index contributed by atoms with van der Waals surface area (Å²) in [7, 11) is 0. The lowest BCUT2D eigenvalue weighted by Gasteiger charge is -2.08. The van der Waals surface area contributed by atoms with E-state index in [-0.39, 0.29) is 6.61 Å². The van der Waals surface area contributed by atoms with E-state index in [1.807, 2.05) is 0 Å². The Morgan fingerprint density at radius 2 is 1.93 bits per heavy atom. The molecule has 1 rings (SSSR count). The molecule has 0 atom stereocenters. The van der Waals surface area contributed by atoms with Gasteiger partial charge in [0, 0.05) is 0 Å². The highest BCUT2D eigenvalue weighted by atomic mass is 16.3. The van der Waals surface area contributed by atoms with Crippen molar-refractivity contribution in [3.63, 3.8) is 0 Å². The first kappa shape index (κ1) is 12.0. The molecule has 0 aliphatic carbocycles. The minimum atomic E-state index is 0.143. The zero-order valence-corrected chi connectivity index (χ0v) is 10.0. The Morgan fingerprint density at radius 1 is 1.27 bits per heavy atom. The number of hydrogen-bond acceptors (Lipinski definition) is 1. The molecule has 1 aromatic rings. The number of aliphatic hydroxyl groups excluding tert-OH is 1. The third-order valence-electron chi connectivity index (χ3n) is 2.81. The standard InChI is InChI=1S/C14H20O/c1-10(2)14(9-15)8-13-6-5-11(3)12(4)7-13/h5-8,10,15H,9H2,1-4H3. The summed E-state index contributed by atoms with van der Waals surface area (Å²) in [6.45, 7) is 8.57. The maximum absolute atomic E-state index is 9.21. The number of aryl methyl sites for hydroxylation is 2. The fourth-order valence-electron chi connectivity index (χ4n) is 1.46. The van der Waals surface area contributed by atoms with Gasteiger partial charge in [0.05, 0.1) is 6.61 Å². The van der Waals surface area contributed by atoms with Crippen molar-refractivity contribution in [2.75, 3.05) is 6.61 Å². The monoisotopic (exact) mass is 204 g/mol. The van der Waals surface area contributed by atoms with E-state index in [0.717, 1.165) is 5.57 Å². The summed E-state index contributed by atoms with van der Waals surface area (Å²) < 4.78 is 0. The molecule has 1 heteroatoms. The van der Waals surface area contributed by atoms with E-state index < -0.39 is 0 Å². The number of rotatable bonds is 3. The summed E-state index contributed by atoms with van der Waals surface area (Å²) >= 11 is 0. The van der Waals surface area contributed by atoms with Crippen molar-refractivity contribution in [3.05, 3.63) is 40.5 Å². The van der Waals surface area contributed by atoms with Crippen LogP contribution in [-0.4, -0.2) is 11.7 Å². The molecule has 0 aliphatic rings. The van der Waals surface area contributed by atoms with E-state index in [2.05, 4.69) is 52.0 Å². The van der Waals surface area contributed by atoms with Crippen LogP contribution in [0.25, 0.3) is 6.08 Å². The van der Waals surface area contributed by atoms with E-state index >= 15 is 0 Å². The molecule has 1 aromatic carbocycles. The van der Waals surface area contributed by atoms with Crippen LogP contribution in [0.15, 0.2) is 23.8 Å². The van der Waals surface area contributed by atoms with Crippen LogP contribution in [0.4, 0.5) is 0 Å². The van der Waals surface area contributed by atoms with Gasteiger partial charge in [-0.05, 0) is 42.0 Å². The van der Waals surface area contributed by atoms with Crippen LogP contribution in [0.3, 0.4) is 0 Å². The van der Waals surface area contributed by atoms with Crippen LogP contribution < -0.4 is 0 Å². The van der Waals surface area contributed by atoms with Gasteiger partial charge < -0.3 is 5.11 Å². The molecule has 15 heavy (non-hydrogen) atoms. The van der Waals surface area contributed by atoms with Crippen molar-refractivity contribution < 1.29 is 5.11 Å². The first-order valence-electron chi connectivity index (χ1n) is 5.43. The molecule has 0 radical (unpaired) electrons. The van der Waals surface area contributed by atoms with Gasteiger partial charge >= 0.3 is 0 Å². The largest absolute Gasteiger partial charge is 0.392 e. The zero-order valence-electron chi connectivity index (χ0n) is 10.0. The average molecular weight is 204 g/mol. The summed E-state index contributed by atoms with van der Waals surface area (Å²) in [4.78, 5) is 0. The second kappa shape index (κ2) is 5.13. The molecule has 0 aliphatic heterocycles. The lowest BCUT2D eigenvalue weighted by molar-refractivity contribution is 0.320. The number of hydrogen-bond donors (Lipinski definition) is 1. The van der Waals surface area contributed by atoms with E-state index in [1.54, 1.807) is 0 Å². The van der Waals surface area contributed by atoms with E-state index in [9.17, 15) is 5.11 Å². The van der Waals surface area contributed by atoms with Crippen LogP contribution >= 0.6 is 0 Å². The molecule has 0 unspecified atom stereocenters. The third-order valence-corrected chi connectivity index (χ3v) is 2.81. The van der Waals surface area contributed by atoms with Crippen molar-refractivity contribution in [1.82, 2.24) is 0 Å². The number of benzene rings is 1. The van der Waals surface area contributed by atoms with Crippen molar-refractivity contribution in [2.24, 2.45) is 5.92 Å². The van der Waals surface area contributed by atoms with Gasteiger partial charge in [-0.1, -0.05) is 38.1 Å². The molecule has 1 nitrogen and oxygen atoms in total. The Kier molecular flexibility index (Phi) is 4.10. The Bertz CT molecular complexity index is 362. The third kappa shape index (κ3) is 3.21. The minimum absolute atomic E-state index is 0.143. The molecule has 0 aromatic heterocycles. The molecule has 82 valence electrons.